The van der Waals surface area contributed by atoms with Gasteiger partial charge in [0.05, 0.1) is 7.05 Å². The zero-order valence-electron chi connectivity index (χ0n) is 21.0. The normalized spacial score (nSPS) is 11.4. The second-order valence-electron chi connectivity index (χ2n) is 9.42. The maximum Gasteiger partial charge on any atom is 0.297 e. The van der Waals surface area contributed by atoms with E-state index in [0.717, 1.165) is 55.7 Å². The molecule has 0 aliphatic carbocycles. The van der Waals surface area contributed by atoms with Crippen LogP contribution in [0.2, 0.25) is 0 Å². The lowest BCUT2D eigenvalue weighted by molar-refractivity contribution is -0.659. The average Bonchev–Trinajstić information content (AvgIpc) is 3.54. The molecule has 4 aromatic carbocycles. The second kappa shape index (κ2) is 8.78. The minimum Gasteiger partial charge on any atom is -0.455 e. The third-order valence-corrected chi connectivity index (χ3v) is 7.10. The third kappa shape index (κ3) is 3.58. The molecule has 0 amide bonds. The molecule has 7 aromatic rings. The van der Waals surface area contributed by atoms with Crippen LogP contribution in [0.1, 0.15) is 5.56 Å². The summed E-state index contributed by atoms with van der Waals surface area (Å²) in [5.41, 5.74) is 8.41. The van der Waals surface area contributed by atoms with Gasteiger partial charge in [0.1, 0.15) is 41.9 Å². The molecule has 0 atom stereocenters. The molecule has 3 aromatic heterocycles. The molecule has 0 aliphatic heterocycles. The summed E-state index contributed by atoms with van der Waals surface area (Å²) in [4.78, 5) is 12.4. The maximum absolute atomic E-state index is 6.41. The number of aromatic nitrogens is 5. The predicted octanol–water partition coefficient (Wildman–Crippen LogP) is 6.70. The topological polar surface area (TPSA) is 60.6 Å². The molecule has 3 heterocycles. The van der Waals surface area contributed by atoms with Gasteiger partial charge in [0.15, 0.2) is 11.4 Å². The molecule has 0 spiro atoms. The molecule has 7 rings (SSSR count). The number of rotatable bonds is 4. The number of para-hydroxylation sites is 1. The van der Waals surface area contributed by atoms with Gasteiger partial charge in [-0.05, 0) is 41.8 Å². The van der Waals surface area contributed by atoms with Crippen molar-refractivity contribution in [1.29, 1.82) is 0 Å². The second-order valence-corrected chi connectivity index (χ2v) is 9.42. The number of imidazole rings is 1. The number of benzene rings is 4. The fourth-order valence-electron chi connectivity index (χ4n) is 5.16. The van der Waals surface area contributed by atoms with E-state index in [-0.39, 0.29) is 0 Å². The number of furan rings is 1. The first-order chi connectivity index (χ1) is 18.7. The Morgan fingerprint density at radius 3 is 2.18 bits per heavy atom. The standard InChI is InChI=1S/C32H24N5O/c1-21-7-16-27-26-5-3-4-6-28(26)38-30(27)29(21)32-36(2)17-18-37(32)25-14-12-23(13-15-25)22-8-10-24(11-9-22)31-34-19-33-20-35-31/h3-20H,1-2H3/q+1. The van der Waals surface area contributed by atoms with Crippen LogP contribution >= 0.6 is 0 Å². The first-order valence-electron chi connectivity index (χ1n) is 12.5. The van der Waals surface area contributed by atoms with Crippen molar-refractivity contribution in [2.75, 3.05) is 0 Å². The summed E-state index contributed by atoms with van der Waals surface area (Å²) in [7, 11) is 2.08. The minimum atomic E-state index is 0.671. The number of aryl methyl sites for hydroxylation is 2. The Morgan fingerprint density at radius 1 is 0.737 bits per heavy atom. The van der Waals surface area contributed by atoms with Gasteiger partial charge in [-0.15, -0.1) is 0 Å². The highest BCUT2D eigenvalue weighted by Gasteiger charge is 2.26. The number of hydrogen-bond donors (Lipinski definition) is 0. The number of fused-ring (bicyclic) bond motifs is 3. The highest BCUT2D eigenvalue weighted by atomic mass is 16.3. The highest BCUT2D eigenvalue weighted by molar-refractivity contribution is 6.09. The van der Waals surface area contributed by atoms with Crippen molar-refractivity contribution in [3.63, 3.8) is 0 Å². The van der Waals surface area contributed by atoms with E-state index in [1.165, 1.54) is 18.2 Å². The van der Waals surface area contributed by atoms with E-state index in [0.29, 0.717) is 5.82 Å². The lowest BCUT2D eigenvalue weighted by Gasteiger charge is -2.08. The van der Waals surface area contributed by atoms with Crippen LogP contribution < -0.4 is 4.57 Å². The van der Waals surface area contributed by atoms with Crippen LogP contribution in [-0.2, 0) is 7.05 Å². The Bertz CT molecular complexity index is 1920. The van der Waals surface area contributed by atoms with Gasteiger partial charge in [-0.2, -0.15) is 4.57 Å². The van der Waals surface area contributed by atoms with Crippen molar-refractivity contribution in [3.05, 3.63) is 116 Å². The van der Waals surface area contributed by atoms with Gasteiger partial charge in [0, 0.05) is 16.3 Å². The van der Waals surface area contributed by atoms with E-state index in [1.807, 2.05) is 24.3 Å². The monoisotopic (exact) mass is 494 g/mol. The zero-order valence-corrected chi connectivity index (χ0v) is 21.0. The third-order valence-electron chi connectivity index (χ3n) is 7.10. The van der Waals surface area contributed by atoms with Crippen molar-refractivity contribution in [2.24, 2.45) is 7.05 Å². The molecule has 0 bridgehead atoms. The van der Waals surface area contributed by atoms with Crippen molar-refractivity contribution in [2.45, 2.75) is 6.92 Å². The average molecular weight is 495 g/mol. The lowest BCUT2D eigenvalue weighted by Crippen LogP contribution is -2.29. The van der Waals surface area contributed by atoms with Gasteiger partial charge in [-0.1, -0.05) is 66.7 Å². The first kappa shape index (κ1) is 22.1. The summed E-state index contributed by atoms with van der Waals surface area (Å²) in [6.07, 6.45) is 7.22. The zero-order chi connectivity index (χ0) is 25.6. The molecule has 0 saturated heterocycles. The maximum atomic E-state index is 6.41. The van der Waals surface area contributed by atoms with Crippen LogP contribution in [0.3, 0.4) is 0 Å². The van der Waals surface area contributed by atoms with Crippen LogP contribution in [0.4, 0.5) is 0 Å². The molecular weight excluding hydrogens is 470 g/mol. The Hall–Kier alpha value is -5.10. The van der Waals surface area contributed by atoms with Crippen molar-refractivity contribution in [1.82, 2.24) is 19.5 Å². The molecule has 0 unspecified atom stereocenters. The molecule has 0 saturated carbocycles. The van der Waals surface area contributed by atoms with Gasteiger partial charge in [-0.3, -0.25) is 0 Å². The van der Waals surface area contributed by atoms with E-state index in [4.69, 9.17) is 4.42 Å². The SMILES string of the molecule is Cc1ccc2c(oc3ccccc32)c1-c1n(-c2ccc(-c3ccc(-c4ncncn4)cc3)cc2)cc[n+]1C. The van der Waals surface area contributed by atoms with Crippen LogP contribution in [0.15, 0.2) is 114 Å². The van der Waals surface area contributed by atoms with E-state index in [2.05, 4.69) is 111 Å². The highest BCUT2D eigenvalue weighted by Crippen LogP contribution is 2.37. The van der Waals surface area contributed by atoms with Crippen molar-refractivity contribution < 1.29 is 8.98 Å². The Balaban J connectivity index is 1.28. The van der Waals surface area contributed by atoms with Crippen LogP contribution in [0, 0.1) is 6.92 Å². The Kier molecular flexibility index (Phi) is 5.11. The number of nitrogens with zero attached hydrogens (tertiary/aromatic N) is 5. The molecule has 0 fully saturated rings. The molecule has 182 valence electrons. The van der Waals surface area contributed by atoms with Crippen molar-refractivity contribution in [3.8, 4) is 39.6 Å². The minimum absolute atomic E-state index is 0.671. The Morgan fingerprint density at radius 2 is 1.42 bits per heavy atom. The van der Waals surface area contributed by atoms with Gasteiger partial charge in [0.2, 0.25) is 0 Å². The summed E-state index contributed by atoms with van der Waals surface area (Å²) in [5, 5.41) is 2.26. The van der Waals surface area contributed by atoms with Gasteiger partial charge in [-0.25, -0.2) is 19.5 Å². The van der Waals surface area contributed by atoms with E-state index in [1.54, 1.807) is 0 Å². The predicted molar refractivity (Wildman–Crippen MR) is 149 cm³/mol. The van der Waals surface area contributed by atoms with E-state index < -0.39 is 0 Å². The summed E-state index contributed by atoms with van der Waals surface area (Å²) in [6, 6.07) is 29.5. The first-order valence-corrected chi connectivity index (χ1v) is 12.5. The van der Waals surface area contributed by atoms with Crippen molar-refractivity contribution >= 4 is 21.9 Å². The summed E-state index contributed by atoms with van der Waals surface area (Å²) >= 11 is 0. The van der Waals surface area contributed by atoms with Crippen LogP contribution in [0.5, 0.6) is 0 Å². The lowest BCUT2D eigenvalue weighted by atomic mass is 10.0. The summed E-state index contributed by atoms with van der Waals surface area (Å²) in [5.74, 6) is 1.74. The number of hydrogen-bond acceptors (Lipinski definition) is 4. The smallest absolute Gasteiger partial charge is 0.297 e. The molecular formula is C32H24N5O+. The van der Waals surface area contributed by atoms with E-state index in [9.17, 15) is 0 Å². The quantitative estimate of drug-likeness (QED) is 0.256. The van der Waals surface area contributed by atoms with Gasteiger partial charge < -0.3 is 4.42 Å². The fraction of sp³-hybridized carbons (Fsp3) is 0.0625. The molecule has 0 radical (unpaired) electrons. The van der Waals surface area contributed by atoms with E-state index >= 15 is 0 Å². The largest absolute Gasteiger partial charge is 0.455 e. The fourth-order valence-corrected chi connectivity index (χ4v) is 5.16. The summed E-state index contributed by atoms with van der Waals surface area (Å²) in [6.45, 7) is 2.14. The molecule has 38 heavy (non-hydrogen) atoms. The van der Waals surface area contributed by atoms with Gasteiger partial charge in [0.25, 0.3) is 5.82 Å². The molecule has 6 heteroatoms. The summed E-state index contributed by atoms with van der Waals surface area (Å²) < 4.78 is 10.8. The van der Waals surface area contributed by atoms with Gasteiger partial charge >= 0.3 is 0 Å². The molecule has 6 nitrogen and oxygen atoms in total. The Labute approximate surface area is 219 Å². The van der Waals surface area contributed by atoms with Crippen LogP contribution in [-0.4, -0.2) is 19.5 Å². The van der Waals surface area contributed by atoms with Crippen LogP contribution in [0.25, 0.3) is 61.5 Å². The molecule has 0 aliphatic rings. The molecule has 0 N–H and O–H groups in total.